The van der Waals surface area contributed by atoms with Crippen molar-refractivity contribution in [3.05, 3.63) is 99.6 Å². The van der Waals surface area contributed by atoms with E-state index < -0.39 is 0 Å². The first kappa shape index (κ1) is 27.7. The second kappa shape index (κ2) is 12.2. The third kappa shape index (κ3) is 5.52. The van der Waals surface area contributed by atoms with Gasteiger partial charge in [-0.2, -0.15) is 0 Å². The second-order valence-electron chi connectivity index (χ2n) is 10.7. The number of nitrogens with zero attached hydrogens (tertiary/aromatic N) is 4. The molecule has 3 heterocycles. The van der Waals surface area contributed by atoms with Gasteiger partial charge in [0.2, 0.25) is 0 Å². The Kier molecular flexibility index (Phi) is 8.01. The lowest BCUT2D eigenvalue weighted by Gasteiger charge is -2.18. The van der Waals surface area contributed by atoms with E-state index in [-0.39, 0.29) is 30.3 Å². The summed E-state index contributed by atoms with van der Waals surface area (Å²) in [7, 11) is 1.63. The lowest BCUT2D eigenvalue weighted by atomic mass is 10.1. The molecule has 0 bridgehead atoms. The van der Waals surface area contributed by atoms with Gasteiger partial charge in [0, 0.05) is 26.1 Å². The van der Waals surface area contributed by atoms with Crippen molar-refractivity contribution >= 4 is 22.7 Å². The quantitative estimate of drug-likeness (QED) is 0.254. The average molecular weight is 567 g/mol. The molecule has 4 aromatic rings. The Hall–Kier alpha value is -4.50. The third-order valence-electron chi connectivity index (χ3n) is 8.09. The zero-order valence-electron chi connectivity index (χ0n) is 23.8. The number of hydrogen-bond acceptors (Lipinski definition) is 7. The van der Waals surface area contributed by atoms with E-state index in [1.165, 1.54) is 17.7 Å². The lowest BCUT2D eigenvalue weighted by molar-refractivity contribution is 0.0655. The fraction of sp³-hybridized carbons (Fsp3) is 0.333. The van der Waals surface area contributed by atoms with Gasteiger partial charge in [-0.25, -0.2) is 4.98 Å². The van der Waals surface area contributed by atoms with E-state index in [0.717, 1.165) is 25.2 Å². The van der Waals surface area contributed by atoms with E-state index in [1.54, 1.807) is 42.0 Å². The van der Waals surface area contributed by atoms with Crippen molar-refractivity contribution in [3.63, 3.8) is 0 Å². The summed E-state index contributed by atoms with van der Waals surface area (Å²) in [6.45, 7) is 4.20. The Balaban J connectivity index is 1.21. The molecule has 0 atom stereocenters. The molecule has 216 valence electrons. The van der Waals surface area contributed by atoms with Crippen LogP contribution in [0.25, 0.3) is 10.9 Å². The van der Waals surface area contributed by atoms with Crippen LogP contribution in [-0.4, -0.2) is 71.1 Å². The summed E-state index contributed by atoms with van der Waals surface area (Å²) in [5.74, 6) is 1.25. The molecule has 0 N–H and O–H groups in total. The fourth-order valence-electron chi connectivity index (χ4n) is 5.81. The molecule has 0 aliphatic carbocycles. The maximum Gasteiger partial charge on any atom is 0.261 e. The Morgan fingerprint density at radius 2 is 1.50 bits per heavy atom. The highest BCUT2D eigenvalue weighted by Gasteiger charge is 2.35. The molecule has 9 nitrogen and oxygen atoms in total. The van der Waals surface area contributed by atoms with E-state index in [1.807, 2.05) is 36.4 Å². The molecular formula is C33H34N4O5. The number of aromatic nitrogens is 2. The van der Waals surface area contributed by atoms with Gasteiger partial charge >= 0.3 is 0 Å². The van der Waals surface area contributed by atoms with Crippen LogP contribution in [0.2, 0.25) is 0 Å². The number of carbonyl (C=O) groups excluding carboxylic acids is 2. The van der Waals surface area contributed by atoms with Crippen molar-refractivity contribution in [2.24, 2.45) is 0 Å². The highest BCUT2D eigenvalue weighted by atomic mass is 16.5. The monoisotopic (exact) mass is 566 g/mol. The Bertz CT molecular complexity index is 1660. The molecule has 2 aliphatic rings. The molecule has 2 aliphatic heterocycles. The van der Waals surface area contributed by atoms with Crippen molar-refractivity contribution in [3.8, 4) is 11.5 Å². The van der Waals surface area contributed by atoms with E-state index in [4.69, 9.17) is 14.5 Å². The van der Waals surface area contributed by atoms with Crippen LogP contribution in [0.5, 0.6) is 11.5 Å². The van der Waals surface area contributed by atoms with Crippen molar-refractivity contribution < 1.29 is 19.1 Å². The molecule has 3 aromatic carbocycles. The SMILES string of the molecule is COc1ccc(CCn2c(CCN3C(=O)c4ccccc4C3=O)nc3ccccc3c2=O)cc1OCCN1CCCC1. The number of benzene rings is 3. The predicted molar refractivity (Wildman–Crippen MR) is 159 cm³/mol. The third-order valence-corrected chi connectivity index (χ3v) is 8.09. The van der Waals surface area contributed by atoms with Gasteiger partial charge in [-0.3, -0.25) is 28.8 Å². The fourth-order valence-corrected chi connectivity index (χ4v) is 5.81. The number of hydrogen-bond donors (Lipinski definition) is 0. The summed E-state index contributed by atoms with van der Waals surface area (Å²) in [6.07, 6.45) is 3.30. The number of ether oxygens (including phenoxy) is 2. The summed E-state index contributed by atoms with van der Waals surface area (Å²) in [4.78, 5) is 47.9. The first-order valence-corrected chi connectivity index (χ1v) is 14.5. The smallest absolute Gasteiger partial charge is 0.261 e. The molecule has 9 heteroatoms. The van der Waals surface area contributed by atoms with Crippen LogP contribution < -0.4 is 15.0 Å². The first-order valence-electron chi connectivity index (χ1n) is 14.5. The average Bonchev–Trinajstić information content (AvgIpc) is 3.62. The minimum Gasteiger partial charge on any atom is -0.493 e. The number of para-hydroxylation sites is 1. The molecule has 2 amide bonds. The van der Waals surface area contributed by atoms with Crippen molar-refractivity contribution in [2.75, 3.05) is 39.9 Å². The molecule has 0 spiro atoms. The van der Waals surface area contributed by atoms with Gasteiger partial charge in [-0.1, -0.05) is 30.3 Å². The minimum absolute atomic E-state index is 0.134. The summed E-state index contributed by atoms with van der Waals surface area (Å²) in [5.41, 5.74) is 2.26. The number of aryl methyl sites for hydroxylation is 1. The molecule has 1 fully saturated rings. The van der Waals surface area contributed by atoms with Gasteiger partial charge in [0.25, 0.3) is 17.4 Å². The topological polar surface area (TPSA) is 94.0 Å². The molecule has 0 unspecified atom stereocenters. The maximum atomic E-state index is 13.6. The van der Waals surface area contributed by atoms with Crippen LogP contribution in [0.4, 0.5) is 0 Å². The summed E-state index contributed by atoms with van der Waals surface area (Å²) < 4.78 is 13.3. The van der Waals surface area contributed by atoms with Gasteiger partial charge in [0.1, 0.15) is 12.4 Å². The van der Waals surface area contributed by atoms with E-state index >= 15 is 0 Å². The minimum atomic E-state index is -0.319. The number of likely N-dealkylation sites (tertiary alicyclic amines) is 1. The largest absolute Gasteiger partial charge is 0.493 e. The molecule has 0 radical (unpaired) electrons. The van der Waals surface area contributed by atoms with Crippen molar-refractivity contribution in [1.29, 1.82) is 0 Å². The van der Waals surface area contributed by atoms with Crippen LogP contribution in [0, 0.1) is 0 Å². The summed E-state index contributed by atoms with van der Waals surface area (Å²) in [6, 6.07) is 19.9. The van der Waals surface area contributed by atoms with E-state index in [0.29, 0.717) is 58.9 Å². The van der Waals surface area contributed by atoms with Crippen LogP contribution >= 0.6 is 0 Å². The molecule has 42 heavy (non-hydrogen) atoms. The van der Waals surface area contributed by atoms with Crippen LogP contribution in [0.1, 0.15) is 44.9 Å². The standard InChI is InChI=1S/C33H34N4O5/c1-41-28-13-12-23(22-29(28)42-21-20-35-16-6-7-17-35)14-18-36-30(34-27-11-5-4-10-26(27)33(36)40)15-19-37-31(38)24-8-2-3-9-25(24)32(37)39/h2-5,8-13,22H,6-7,14-21H2,1H3. The Morgan fingerprint density at radius 1 is 0.786 bits per heavy atom. The van der Waals surface area contributed by atoms with Gasteiger partial charge in [0.15, 0.2) is 11.5 Å². The van der Waals surface area contributed by atoms with Crippen LogP contribution in [0.15, 0.2) is 71.5 Å². The van der Waals surface area contributed by atoms with Crippen LogP contribution in [0.3, 0.4) is 0 Å². The molecule has 1 saturated heterocycles. The number of imide groups is 1. The maximum absolute atomic E-state index is 13.6. The van der Waals surface area contributed by atoms with Crippen molar-refractivity contribution in [2.45, 2.75) is 32.2 Å². The number of amides is 2. The molecule has 0 saturated carbocycles. The van der Waals surface area contributed by atoms with Gasteiger partial charge < -0.3 is 9.47 Å². The Labute approximate surface area is 244 Å². The van der Waals surface area contributed by atoms with Gasteiger partial charge in [0.05, 0.1) is 29.1 Å². The lowest BCUT2D eigenvalue weighted by Crippen LogP contribution is -2.34. The van der Waals surface area contributed by atoms with E-state index in [2.05, 4.69) is 4.90 Å². The molecular weight excluding hydrogens is 532 g/mol. The zero-order valence-corrected chi connectivity index (χ0v) is 23.8. The van der Waals surface area contributed by atoms with Crippen molar-refractivity contribution in [1.82, 2.24) is 19.4 Å². The van der Waals surface area contributed by atoms with Crippen LogP contribution in [-0.2, 0) is 19.4 Å². The normalized spacial score (nSPS) is 15.0. The number of carbonyl (C=O) groups is 2. The zero-order chi connectivity index (χ0) is 29.1. The predicted octanol–water partition coefficient (Wildman–Crippen LogP) is 3.96. The first-order chi connectivity index (χ1) is 20.5. The number of methoxy groups -OCH3 is 1. The highest BCUT2D eigenvalue weighted by Crippen LogP contribution is 2.29. The highest BCUT2D eigenvalue weighted by molar-refractivity contribution is 6.21. The Morgan fingerprint density at radius 3 is 2.24 bits per heavy atom. The summed E-state index contributed by atoms with van der Waals surface area (Å²) in [5, 5.41) is 0.530. The van der Waals surface area contributed by atoms with E-state index in [9.17, 15) is 14.4 Å². The molecule has 1 aromatic heterocycles. The van der Waals surface area contributed by atoms with Gasteiger partial charge in [-0.15, -0.1) is 0 Å². The summed E-state index contributed by atoms with van der Waals surface area (Å²) >= 11 is 0. The second-order valence-corrected chi connectivity index (χ2v) is 10.7. The number of rotatable bonds is 11. The number of fused-ring (bicyclic) bond motifs is 2. The van der Waals surface area contributed by atoms with Gasteiger partial charge in [-0.05, 0) is 74.3 Å². The molecule has 6 rings (SSSR count).